The summed E-state index contributed by atoms with van der Waals surface area (Å²) in [5, 5.41) is 13.8. The number of nitro benzene ring substituents is 1. The number of nitrogens with one attached hydrogen (secondary N) is 1. The minimum absolute atomic E-state index is 0.0129. The molecule has 1 aromatic carbocycles. The fraction of sp³-hybridized carbons (Fsp3) is 0.333. The van der Waals surface area contributed by atoms with E-state index in [9.17, 15) is 14.9 Å². The van der Waals surface area contributed by atoms with E-state index in [2.05, 4.69) is 25.2 Å². The Kier molecular flexibility index (Phi) is 5.61. The van der Waals surface area contributed by atoms with Gasteiger partial charge in [-0.3, -0.25) is 19.5 Å². The highest BCUT2D eigenvalue weighted by Crippen LogP contribution is 2.26. The van der Waals surface area contributed by atoms with Crippen molar-refractivity contribution in [3.8, 4) is 5.82 Å². The molecule has 1 aliphatic rings. The van der Waals surface area contributed by atoms with Crippen LogP contribution in [0.3, 0.4) is 0 Å². The van der Waals surface area contributed by atoms with Crippen LogP contribution in [0.5, 0.6) is 0 Å². The predicted molar refractivity (Wildman–Crippen MR) is 115 cm³/mol. The maximum atomic E-state index is 12.7. The number of carbonyl (C=O) groups excluding carboxylic acids is 1. The number of aromatic nitrogens is 4. The third kappa shape index (κ3) is 4.37. The van der Waals surface area contributed by atoms with Crippen molar-refractivity contribution in [2.24, 2.45) is 5.92 Å². The average Bonchev–Trinajstić information content (AvgIpc) is 3.21. The van der Waals surface area contributed by atoms with Crippen molar-refractivity contribution >= 4 is 23.1 Å². The fourth-order valence-corrected chi connectivity index (χ4v) is 3.77. The molecule has 1 aliphatic heterocycles. The van der Waals surface area contributed by atoms with E-state index < -0.39 is 4.92 Å². The van der Waals surface area contributed by atoms with Crippen LogP contribution in [-0.4, -0.2) is 43.4 Å². The van der Waals surface area contributed by atoms with Gasteiger partial charge in [0.25, 0.3) is 5.69 Å². The van der Waals surface area contributed by atoms with E-state index in [-0.39, 0.29) is 17.5 Å². The van der Waals surface area contributed by atoms with Gasteiger partial charge < -0.3 is 10.2 Å². The molecule has 0 radical (unpaired) electrons. The van der Waals surface area contributed by atoms with E-state index >= 15 is 0 Å². The Bertz CT molecular complexity index is 1120. The van der Waals surface area contributed by atoms with Gasteiger partial charge in [0.2, 0.25) is 5.91 Å². The fourth-order valence-electron chi connectivity index (χ4n) is 3.77. The van der Waals surface area contributed by atoms with Gasteiger partial charge in [0.1, 0.15) is 23.8 Å². The Morgan fingerprint density at radius 1 is 1.13 bits per heavy atom. The summed E-state index contributed by atoms with van der Waals surface area (Å²) in [5.41, 5.74) is 1.29. The number of amides is 1. The van der Waals surface area contributed by atoms with Gasteiger partial charge in [-0.25, -0.2) is 15.0 Å². The lowest BCUT2D eigenvalue weighted by Crippen LogP contribution is -2.38. The summed E-state index contributed by atoms with van der Waals surface area (Å²) in [6.45, 7) is 5.08. The summed E-state index contributed by atoms with van der Waals surface area (Å²) in [7, 11) is 0. The molecule has 1 N–H and O–H groups in total. The summed E-state index contributed by atoms with van der Waals surface area (Å²) < 4.78 is 1.90. The maximum absolute atomic E-state index is 12.7. The summed E-state index contributed by atoms with van der Waals surface area (Å²) in [6, 6.07) is 6.38. The standard InChI is InChI=1S/C21H23N7O3/c1-14-11-17(28(30)31)3-4-18(14)25-21(29)16-5-8-26(9-6-16)19-12-20(24-13-23-19)27-10-7-22-15(27)2/h3-4,7,10-13,16H,5-6,8-9H2,1-2H3,(H,25,29). The zero-order valence-corrected chi connectivity index (χ0v) is 17.4. The van der Waals surface area contributed by atoms with Crippen molar-refractivity contribution in [3.05, 3.63) is 64.5 Å². The van der Waals surface area contributed by atoms with Gasteiger partial charge in [0, 0.05) is 55.3 Å². The van der Waals surface area contributed by atoms with Crippen LogP contribution in [0.2, 0.25) is 0 Å². The van der Waals surface area contributed by atoms with Crippen LogP contribution in [0.4, 0.5) is 17.2 Å². The number of nitro groups is 1. The molecule has 0 atom stereocenters. The van der Waals surface area contributed by atoms with Gasteiger partial charge in [-0.1, -0.05) is 0 Å². The topological polar surface area (TPSA) is 119 Å². The number of hydrogen-bond acceptors (Lipinski definition) is 7. The second kappa shape index (κ2) is 8.50. The first-order valence-corrected chi connectivity index (χ1v) is 10.1. The number of hydrogen-bond donors (Lipinski definition) is 1. The molecular formula is C21H23N7O3. The molecule has 0 bridgehead atoms. The van der Waals surface area contributed by atoms with Gasteiger partial charge in [0.15, 0.2) is 0 Å². The highest BCUT2D eigenvalue weighted by Gasteiger charge is 2.26. The summed E-state index contributed by atoms with van der Waals surface area (Å²) in [6.07, 6.45) is 6.52. The van der Waals surface area contributed by atoms with E-state index in [0.29, 0.717) is 37.2 Å². The smallest absolute Gasteiger partial charge is 0.269 e. The molecule has 1 fully saturated rings. The lowest BCUT2D eigenvalue weighted by molar-refractivity contribution is -0.384. The molecule has 2 aromatic heterocycles. The molecule has 0 saturated carbocycles. The summed E-state index contributed by atoms with van der Waals surface area (Å²) >= 11 is 0. The second-order valence-corrected chi connectivity index (χ2v) is 7.59. The van der Waals surface area contributed by atoms with Crippen LogP contribution in [0, 0.1) is 29.9 Å². The monoisotopic (exact) mass is 421 g/mol. The number of benzene rings is 1. The van der Waals surface area contributed by atoms with Gasteiger partial charge >= 0.3 is 0 Å². The van der Waals surface area contributed by atoms with E-state index in [1.165, 1.54) is 12.1 Å². The molecule has 160 valence electrons. The van der Waals surface area contributed by atoms with Gasteiger partial charge in [-0.15, -0.1) is 0 Å². The number of anilines is 2. The first-order valence-electron chi connectivity index (χ1n) is 10.1. The molecular weight excluding hydrogens is 398 g/mol. The summed E-state index contributed by atoms with van der Waals surface area (Å²) in [4.78, 5) is 38.3. The third-order valence-electron chi connectivity index (χ3n) is 5.58. The molecule has 3 heterocycles. The normalized spacial score (nSPS) is 14.5. The lowest BCUT2D eigenvalue weighted by atomic mass is 9.95. The van der Waals surface area contributed by atoms with Crippen molar-refractivity contribution < 1.29 is 9.72 Å². The molecule has 10 nitrogen and oxygen atoms in total. The number of aryl methyl sites for hydroxylation is 2. The van der Waals surface area contributed by atoms with Crippen molar-refractivity contribution in [1.29, 1.82) is 0 Å². The van der Waals surface area contributed by atoms with Crippen LogP contribution in [-0.2, 0) is 4.79 Å². The molecule has 0 aliphatic carbocycles. The van der Waals surface area contributed by atoms with Crippen LogP contribution >= 0.6 is 0 Å². The van der Waals surface area contributed by atoms with Crippen molar-refractivity contribution in [1.82, 2.24) is 19.5 Å². The molecule has 0 spiro atoms. The van der Waals surface area contributed by atoms with E-state index in [1.807, 2.05) is 23.8 Å². The Morgan fingerprint density at radius 3 is 2.52 bits per heavy atom. The van der Waals surface area contributed by atoms with Crippen molar-refractivity contribution in [3.63, 3.8) is 0 Å². The van der Waals surface area contributed by atoms with Crippen molar-refractivity contribution in [2.75, 3.05) is 23.3 Å². The van der Waals surface area contributed by atoms with Crippen LogP contribution in [0.25, 0.3) is 5.82 Å². The third-order valence-corrected chi connectivity index (χ3v) is 5.58. The number of nitrogens with zero attached hydrogens (tertiary/aromatic N) is 6. The Balaban J connectivity index is 1.38. The quantitative estimate of drug-likeness (QED) is 0.497. The number of imidazole rings is 1. The zero-order valence-electron chi connectivity index (χ0n) is 17.4. The molecule has 3 aromatic rings. The van der Waals surface area contributed by atoms with Gasteiger partial charge in [-0.05, 0) is 38.3 Å². The SMILES string of the molecule is Cc1cc([N+](=O)[O-])ccc1NC(=O)C1CCN(c2cc(-n3ccnc3C)ncn2)CC1. The molecule has 0 unspecified atom stereocenters. The Morgan fingerprint density at radius 2 is 1.87 bits per heavy atom. The van der Waals surface area contributed by atoms with E-state index in [1.54, 1.807) is 25.5 Å². The van der Waals surface area contributed by atoms with Gasteiger partial charge in [0.05, 0.1) is 4.92 Å². The van der Waals surface area contributed by atoms with Crippen molar-refractivity contribution in [2.45, 2.75) is 26.7 Å². The number of piperidine rings is 1. The van der Waals surface area contributed by atoms with Crippen LogP contribution in [0.15, 0.2) is 43.0 Å². The first kappa shape index (κ1) is 20.5. The van der Waals surface area contributed by atoms with Crippen LogP contribution in [0.1, 0.15) is 24.2 Å². The molecule has 1 amide bonds. The minimum atomic E-state index is -0.443. The highest BCUT2D eigenvalue weighted by molar-refractivity contribution is 5.93. The Hall–Kier alpha value is -3.82. The van der Waals surface area contributed by atoms with E-state index in [4.69, 9.17) is 0 Å². The zero-order chi connectivity index (χ0) is 22.0. The molecule has 1 saturated heterocycles. The largest absolute Gasteiger partial charge is 0.356 e. The number of non-ortho nitro benzene ring substituents is 1. The van der Waals surface area contributed by atoms with E-state index in [0.717, 1.165) is 17.5 Å². The second-order valence-electron chi connectivity index (χ2n) is 7.59. The van der Waals surface area contributed by atoms with Crippen LogP contribution < -0.4 is 10.2 Å². The average molecular weight is 421 g/mol. The number of rotatable bonds is 5. The molecule has 31 heavy (non-hydrogen) atoms. The lowest BCUT2D eigenvalue weighted by Gasteiger charge is -2.32. The number of carbonyl (C=O) groups is 1. The predicted octanol–water partition coefficient (Wildman–Crippen LogP) is 3.04. The Labute approximate surface area is 179 Å². The molecule has 10 heteroatoms. The van der Waals surface area contributed by atoms with Gasteiger partial charge in [-0.2, -0.15) is 0 Å². The molecule has 4 rings (SSSR count). The highest BCUT2D eigenvalue weighted by atomic mass is 16.6. The maximum Gasteiger partial charge on any atom is 0.269 e. The minimum Gasteiger partial charge on any atom is -0.356 e. The summed E-state index contributed by atoms with van der Waals surface area (Å²) in [5.74, 6) is 2.25. The first-order chi connectivity index (χ1) is 14.9.